The molecular formula is C18H21NO4. The Balaban J connectivity index is 1.93. The molecule has 5 heteroatoms. The molecule has 1 fully saturated rings. The van der Waals surface area contributed by atoms with Crippen molar-refractivity contribution in [1.82, 2.24) is 5.16 Å². The highest BCUT2D eigenvalue weighted by Gasteiger charge is 2.23. The summed E-state index contributed by atoms with van der Waals surface area (Å²) >= 11 is 0. The van der Waals surface area contributed by atoms with E-state index >= 15 is 0 Å². The first-order valence-electron chi connectivity index (χ1n) is 7.96. The van der Waals surface area contributed by atoms with Gasteiger partial charge in [0, 0.05) is 11.6 Å². The van der Waals surface area contributed by atoms with E-state index in [1.165, 1.54) is 24.5 Å². The van der Waals surface area contributed by atoms with Crippen LogP contribution in [0.1, 0.15) is 54.6 Å². The lowest BCUT2D eigenvalue weighted by molar-refractivity contribution is 0.0652. The Morgan fingerprint density at radius 1 is 1.26 bits per heavy atom. The summed E-state index contributed by atoms with van der Waals surface area (Å²) in [6, 6.07) is 7.33. The van der Waals surface area contributed by atoms with Crippen molar-refractivity contribution < 1.29 is 19.2 Å². The second-order valence-corrected chi connectivity index (χ2v) is 6.30. The fourth-order valence-electron chi connectivity index (χ4n) is 3.30. The first-order valence-corrected chi connectivity index (χ1v) is 7.96. The Morgan fingerprint density at radius 2 is 2.00 bits per heavy atom. The van der Waals surface area contributed by atoms with E-state index in [9.17, 15) is 4.79 Å². The first kappa shape index (κ1) is 15.6. The topological polar surface area (TPSA) is 72.6 Å². The Bertz CT molecular complexity index is 699. The molecule has 23 heavy (non-hydrogen) atoms. The number of benzene rings is 1. The number of aromatic nitrogens is 1. The van der Waals surface area contributed by atoms with Gasteiger partial charge in [-0.3, -0.25) is 0 Å². The van der Waals surface area contributed by atoms with E-state index in [2.05, 4.69) is 18.1 Å². The van der Waals surface area contributed by atoms with Crippen LogP contribution in [0.5, 0.6) is 5.75 Å². The summed E-state index contributed by atoms with van der Waals surface area (Å²) in [5, 5.41) is 12.8. The van der Waals surface area contributed by atoms with Gasteiger partial charge >= 0.3 is 5.97 Å². The van der Waals surface area contributed by atoms with E-state index < -0.39 is 5.97 Å². The van der Waals surface area contributed by atoms with Crippen molar-refractivity contribution in [2.45, 2.75) is 38.5 Å². The minimum absolute atomic E-state index is 0.149. The van der Waals surface area contributed by atoms with Crippen LogP contribution in [-0.4, -0.2) is 23.3 Å². The molecule has 0 bridgehead atoms. The molecular weight excluding hydrogens is 294 g/mol. The van der Waals surface area contributed by atoms with E-state index in [4.69, 9.17) is 14.4 Å². The molecule has 2 aromatic rings. The molecule has 1 saturated carbocycles. The predicted octanol–water partition coefficient (Wildman–Crippen LogP) is 4.34. The standard InChI is InChI=1S/C18H21NO4/c1-11-3-5-12(6-4-11)14-9-13(7-8-16(14)22-2)15-10-17(18(20)21)23-19-15/h7-12H,3-6H2,1-2H3,(H,20,21). The zero-order valence-corrected chi connectivity index (χ0v) is 13.4. The smallest absolute Gasteiger partial charge is 0.374 e. The van der Waals surface area contributed by atoms with Gasteiger partial charge in [0.15, 0.2) is 0 Å². The van der Waals surface area contributed by atoms with Crippen molar-refractivity contribution in [3.8, 4) is 17.0 Å². The number of aromatic carboxylic acids is 1. The number of hydrogen-bond donors (Lipinski definition) is 1. The average molecular weight is 315 g/mol. The number of carboxylic acids is 1. The molecule has 0 radical (unpaired) electrons. The molecule has 0 saturated heterocycles. The molecule has 1 aromatic heterocycles. The number of hydrogen-bond acceptors (Lipinski definition) is 4. The molecule has 1 N–H and O–H groups in total. The normalized spacial score (nSPS) is 21.1. The largest absolute Gasteiger partial charge is 0.496 e. The molecule has 0 spiro atoms. The van der Waals surface area contributed by atoms with E-state index in [0.717, 1.165) is 30.1 Å². The number of ether oxygens (including phenoxy) is 1. The third-order valence-corrected chi connectivity index (χ3v) is 4.70. The highest BCUT2D eigenvalue weighted by atomic mass is 16.5. The van der Waals surface area contributed by atoms with Gasteiger partial charge in [0.25, 0.3) is 0 Å². The zero-order chi connectivity index (χ0) is 16.4. The minimum atomic E-state index is -1.11. The SMILES string of the molecule is COc1ccc(-c2cc(C(=O)O)on2)cc1C1CCC(C)CC1. The van der Waals surface area contributed by atoms with Crippen LogP contribution in [-0.2, 0) is 0 Å². The van der Waals surface area contributed by atoms with Crippen molar-refractivity contribution >= 4 is 5.97 Å². The first-order chi connectivity index (χ1) is 11.1. The van der Waals surface area contributed by atoms with Crippen molar-refractivity contribution in [1.29, 1.82) is 0 Å². The van der Waals surface area contributed by atoms with Gasteiger partial charge in [0.05, 0.1) is 7.11 Å². The number of carboxylic acid groups (broad SMARTS) is 1. The Morgan fingerprint density at radius 3 is 2.61 bits per heavy atom. The predicted molar refractivity (Wildman–Crippen MR) is 85.8 cm³/mol. The van der Waals surface area contributed by atoms with E-state index in [1.807, 2.05) is 12.1 Å². The van der Waals surface area contributed by atoms with E-state index in [-0.39, 0.29) is 5.76 Å². The summed E-state index contributed by atoms with van der Waals surface area (Å²) in [5.41, 5.74) is 2.57. The van der Waals surface area contributed by atoms with Crippen LogP contribution in [0.3, 0.4) is 0 Å². The van der Waals surface area contributed by atoms with Gasteiger partial charge in [0.2, 0.25) is 5.76 Å². The van der Waals surface area contributed by atoms with Gasteiger partial charge in [-0.15, -0.1) is 0 Å². The molecule has 1 aliphatic rings. The molecule has 0 unspecified atom stereocenters. The summed E-state index contributed by atoms with van der Waals surface area (Å²) in [6.07, 6.45) is 4.76. The zero-order valence-electron chi connectivity index (χ0n) is 13.4. The van der Waals surface area contributed by atoms with Crippen LogP contribution in [0, 0.1) is 5.92 Å². The third kappa shape index (κ3) is 3.23. The molecule has 5 nitrogen and oxygen atoms in total. The molecule has 1 aliphatic carbocycles. The Labute approximate surface area is 135 Å². The highest BCUT2D eigenvalue weighted by molar-refractivity contribution is 5.85. The minimum Gasteiger partial charge on any atom is -0.496 e. The van der Waals surface area contributed by atoms with Crippen molar-refractivity contribution in [3.05, 3.63) is 35.6 Å². The van der Waals surface area contributed by atoms with Crippen LogP contribution < -0.4 is 4.74 Å². The Hall–Kier alpha value is -2.30. The second-order valence-electron chi connectivity index (χ2n) is 6.30. The van der Waals surface area contributed by atoms with Gasteiger partial charge in [-0.25, -0.2) is 4.79 Å². The van der Waals surface area contributed by atoms with Crippen molar-refractivity contribution in [3.63, 3.8) is 0 Å². The van der Waals surface area contributed by atoms with Crippen LogP contribution in [0.2, 0.25) is 0 Å². The second kappa shape index (κ2) is 6.44. The summed E-state index contributed by atoms with van der Waals surface area (Å²) < 4.78 is 10.4. The molecule has 3 rings (SSSR count). The maximum atomic E-state index is 10.9. The molecule has 0 atom stereocenters. The fourth-order valence-corrected chi connectivity index (χ4v) is 3.30. The van der Waals surface area contributed by atoms with Crippen LogP contribution in [0.25, 0.3) is 11.3 Å². The molecule has 1 heterocycles. The summed E-state index contributed by atoms with van der Waals surface area (Å²) in [4.78, 5) is 10.9. The van der Waals surface area contributed by atoms with Gasteiger partial charge < -0.3 is 14.4 Å². The van der Waals surface area contributed by atoms with E-state index in [1.54, 1.807) is 7.11 Å². The lowest BCUT2D eigenvalue weighted by Gasteiger charge is -2.27. The van der Waals surface area contributed by atoms with Gasteiger partial charge in [-0.05, 0) is 48.4 Å². The van der Waals surface area contributed by atoms with Gasteiger partial charge in [-0.1, -0.05) is 24.9 Å². The monoisotopic (exact) mass is 315 g/mol. The molecule has 122 valence electrons. The highest BCUT2D eigenvalue weighted by Crippen LogP contribution is 2.40. The quantitative estimate of drug-likeness (QED) is 0.908. The maximum Gasteiger partial charge on any atom is 0.374 e. The van der Waals surface area contributed by atoms with Crippen LogP contribution in [0.4, 0.5) is 0 Å². The Kier molecular flexibility index (Phi) is 4.37. The summed E-state index contributed by atoms with van der Waals surface area (Å²) in [5.74, 6) is 0.888. The average Bonchev–Trinajstić information content (AvgIpc) is 3.05. The number of nitrogens with zero attached hydrogens (tertiary/aromatic N) is 1. The van der Waals surface area contributed by atoms with Gasteiger partial charge in [-0.2, -0.15) is 0 Å². The molecule has 1 aromatic carbocycles. The van der Waals surface area contributed by atoms with Crippen LogP contribution in [0.15, 0.2) is 28.8 Å². The number of rotatable bonds is 4. The summed E-state index contributed by atoms with van der Waals surface area (Å²) in [7, 11) is 1.68. The van der Waals surface area contributed by atoms with Crippen LogP contribution >= 0.6 is 0 Å². The molecule has 0 aliphatic heterocycles. The van der Waals surface area contributed by atoms with Crippen molar-refractivity contribution in [2.24, 2.45) is 5.92 Å². The van der Waals surface area contributed by atoms with Crippen molar-refractivity contribution in [2.75, 3.05) is 7.11 Å². The lowest BCUT2D eigenvalue weighted by Crippen LogP contribution is -2.11. The number of methoxy groups -OCH3 is 1. The van der Waals surface area contributed by atoms with Gasteiger partial charge in [0.1, 0.15) is 11.4 Å². The molecule has 0 amide bonds. The maximum absolute atomic E-state index is 10.9. The fraction of sp³-hybridized carbons (Fsp3) is 0.444. The summed E-state index contributed by atoms with van der Waals surface area (Å²) in [6.45, 7) is 2.30. The third-order valence-electron chi connectivity index (χ3n) is 4.70. The lowest BCUT2D eigenvalue weighted by atomic mass is 9.79. The number of carbonyl (C=O) groups is 1. The van der Waals surface area contributed by atoms with E-state index in [0.29, 0.717) is 11.6 Å².